The van der Waals surface area contributed by atoms with Gasteiger partial charge in [0.25, 0.3) is 0 Å². The zero-order chi connectivity index (χ0) is 15.5. The molecule has 0 spiro atoms. The Morgan fingerprint density at radius 3 is 2.55 bits per heavy atom. The van der Waals surface area contributed by atoms with E-state index >= 15 is 0 Å². The molecule has 0 aliphatic carbocycles. The van der Waals surface area contributed by atoms with E-state index in [0.29, 0.717) is 12.8 Å². The van der Waals surface area contributed by atoms with E-state index in [-0.39, 0.29) is 5.97 Å². The second-order valence-electron chi connectivity index (χ2n) is 6.15. The van der Waals surface area contributed by atoms with Crippen LogP contribution in [0.25, 0.3) is 0 Å². The molecule has 0 amide bonds. The summed E-state index contributed by atoms with van der Waals surface area (Å²) in [6.45, 7) is 7.72. The average Bonchev–Trinajstić information content (AvgIpc) is 3.16. The van der Waals surface area contributed by atoms with Gasteiger partial charge in [-0.1, -0.05) is 0 Å². The molecule has 6 nitrogen and oxygen atoms in total. The van der Waals surface area contributed by atoms with Gasteiger partial charge in [-0.15, -0.1) is 0 Å². The molecule has 6 heteroatoms. The quantitative estimate of drug-likeness (QED) is 0.718. The van der Waals surface area contributed by atoms with E-state index in [2.05, 4.69) is 14.7 Å². The van der Waals surface area contributed by atoms with Crippen LogP contribution >= 0.6 is 0 Å². The number of carbonyl (C=O) groups is 1. The van der Waals surface area contributed by atoms with Crippen LogP contribution in [0.4, 0.5) is 0 Å². The maximum atomic E-state index is 12.5. The minimum Gasteiger partial charge on any atom is -0.461 e. The van der Waals surface area contributed by atoms with Gasteiger partial charge in [-0.3, -0.25) is 4.90 Å². The number of esters is 1. The van der Waals surface area contributed by atoms with Crippen LogP contribution in [0.3, 0.4) is 0 Å². The lowest BCUT2D eigenvalue weighted by Crippen LogP contribution is -2.42. The summed E-state index contributed by atoms with van der Waals surface area (Å²) in [5, 5.41) is 0. The lowest BCUT2D eigenvalue weighted by Gasteiger charge is -2.32. The van der Waals surface area contributed by atoms with Crippen molar-refractivity contribution in [3.63, 3.8) is 0 Å². The van der Waals surface area contributed by atoms with Crippen LogP contribution in [0, 0.1) is 0 Å². The highest BCUT2D eigenvalue weighted by Gasteiger charge is 2.40. The molecule has 0 aromatic carbocycles. The van der Waals surface area contributed by atoms with E-state index < -0.39 is 0 Å². The summed E-state index contributed by atoms with van der Waals surface area (Å²) in [6, 6.07) is 0. The van der Waals surface area contributed by atoms with Crippen molar-refractivity contribution in [2.24, 2.45) is 0 Å². The number of nitrogens with zero attached hydrogens (tertiary/aromatic N) is 3. The summed E-state index contributed by atoms with van der Waals surface area (Å²) in [5.41, 5.74) is 1.89. The van der Waals surface area contributed by atoms with Gasteiger partial charge in [-0.25, -0.2) is 4.79 Å². The third kappa shape index (κ3) is 2.94. The van der Waals surface area contributed by atoms with Crippen molar-refractivity contribution in [3.8, 4) is 0 Å². The summed E-state index contributed by atoms with van der Waals surface area (Å²) in [5.74, 6) is -0.187. The van der Waals surface area contributed by atoms with Crippen molar-refractivity contribution in [2.45, 2.75) is 32.4 Å². The number of ether oxygens (including phenoxy) is 2. The van der Waals surface area contributed by atoms with E-state index in [1.807, 2.05) is 14.0 Å². The first-order valence-corrected chi connectivity index (χ1v) is 8.42. The van der Waals surface area contributed by atoms with Crippen LogP contribution in [-0.2, 0) is 14.3 Å². The van der Waals surface area contributed by atoms with Crippen LogP contribution in [0.15, 0.2) is 11.4 Å². The normalized spacial score (nSPS) is 26.9. The molecular weight excluding hydrogens is 282 g/mol. The number of rotatable bonds is 4. The Morgan fingerprint density at radius 1 is 1.23 bits per heavy atom. The van der Waals surface area contributed by atoms with Crippen molar-refractivity contribution in [3.05, 3.63) is 11.4 Å². The fourth-order valence-corrected chi connectivity index (χ4v) is 3.75. The molecule has 124 valence electrons. The van der Waals surface area contributed by atoms with Crippen LogP contribution in [0.2, 0.25) is 0 Å². The molecule has 3 rings (SSSR count). The number of hydrogen-bond donors (Lipinski definition) is 0. The molecule has 1 unspecified atom stereocenters. The largest absolute Gasteiger partial charge is 0.461 e. The van der Waals surface area contributed by atoms with E-state index in [4.69, 9.17) is 9.47 Å². The molecule has 0 bridgehead atoms. The smallest absolute Gasteiger partial charge is 0.356 e. The van der Waals surface area contributed by atoms with E-state index in [0.717, 1.165) is 57.2 Å². The molecule has 0 radical (unpaired) electrons. The van der Waals surface area contributed by atoms with Crippen molar-refractivity contribution in [1.29, 1.82) is 0 Å². The van der Waals surface area contributed by atoms with Crippen molar-refractivity contribution in [2.75, 3.05) is 53.0 Å². The Bertz CT molecular complexity index is 440. The molecule has 0 aromatic rings. The molecule has 0 aromatic heterocycles. The topological polar surface area (TPSA) is 45.2 Å². The van der Waals surface area contributed by atoms with Gasteiger partial charge in [0.15, 0.2) is 0 Å². The maximum absolute atomic E-state index is 12.5. The molecule has 2 fully saturated rings. The van der Waals surface area contributed by atoms with E-state index in [1.54, 1.807) is 0 Å². The number of carbonyl (C=O) groups excluding carboxylic acids is 1. The van der Waals surface area contributed by atoms with Gasteiger partial charge < -0.3 is 19.3 Å². The van der Waals surface area contributed by atoms with Crippen LogP contribution in [-0.4, -0.2) is 79.9 Å². The van der Waals surface area contributed by atoms with Gasteiger partial charge in [-0.2, -0.15) is 0 Å². The highest BCUT2D eigenvalue weighted by Crippen LogP contribution is 2.34. The lowest BCUT2D eigenvalue weighted by atomic mass is 10.2. The Morgan fingerprint density at radius 2 is 1.91 bits per heavy atom. The predicted molar refractivity (Wildman–Crippen MR) is 83.0 cm³/mol. The minimum atomic E-state index is -0.187. The zero-order valence-electron chi connectivity index (χ0n) is 13.7. The zero-order valence-corrected chi connectivity index (χ0v) is 13.7. The van der Waals surface area contributed by atoms with Gasteiger partial charge in [0, 0.05) is 45.3 Å². The second kappa shape index (κ2) is 6.87. The fourth-order valence-electron chi connectivity index (χ4n) is 3.75. The van der Waals surface area contributed by atoms with Crippen LogP contribution < -0.4 is 0 Å². The SMILES string of the molecule is CCOC(=O)C1=C(N2CCOCC2)CC(N2CCCC2)N1C. The molecule has 22 heavy (non-hydrogen) atoms. The van der Waals surface area contributed by atoms with Crippen molar-refractivity contribution >= 4 is 5.97 Å². The summed E-state index contributed by atoms with van der Waals surface area (Å²) in [6.07, 6.45) is 3.71. The Labute approximate surface area is 132 Å². The Balaban J connectivity index is 1.82. The van der Waals surface area contributed by atoms with E-state index in [1.165, 1.54) is 12.8 Å². The average molecular weight is 309 g/mol. The maximum Gasteiger partial charge on any atom is 0.356 e. The summed E-state index contributed by atoms with van der Waals surface area (Å²) >= 11 is 0. The third-order valence-corrected chi connectivity index (χ3v) is 4.87. The molecule has 3 aliphatic heterocycles. The molecule has 1 atom stereocenters. The number of hydrogen-bond acceptors (Lipinski definition) is 6. The lowest BCUT2D eigenvalue weighted by molar-refractivity contribution is -0.140. The first kappa shape index (κ1) is 15.6. The Hall–Kier alpha value is -1.27. The summed E-state index contributed by atoms with van der Waals surface area (Å²) in [7, 11) is 2.03. The van der Waals surface area contributed by atoms with Gasteiger partial charge in [0.05, 0.1) is 26.0 Å². The van der Waals surface area contributed by atoms with Gasteiger partial charge in [-0.05, 0) is 19.8 Å². The highest BCUT2D eigenvalue weighted by molar-refractivity contribution is 5.89. The monoisotopic (exact) mass is 309 g/mol. The van der Waals surface area contributed by atoms with Gasteiger partial charge in [0.1, 0.15) is 5.70 Å². The highest BCUT2D eigenvalue weighted by atomic mass is 16.5. The molecule has 2 saturated heterocycles. The predicted octanol–water partition coefficient (Wildman–Crippen LogP) is 0.851. The van der Waals surface area contributed by atoms with E-state index in [9.17, 15) is 4.79 Å². The first-order valence-electron chi connectivity index (χ1n) is 8.42. The van der Waals surface area contributed by atoms with Crippen molar-refractivity contribution in [1.82, 2.24) is 14.7 Å². The molecule has 0 N–H and O–H groups in total. The number of likely N-dealkylation sites (N-methyl/N-ethyl adjacent to an activating group) is 1. The molecular formula is C16H27N3O3. The fraction of sp³-hybridized carbons (Fsp3) is 0.812. The molecule has 0 saturated carbocycles. The minimum absolute atomic E-state index is 0.187. The standard InChI is InChI=1S/C16H27N3O3/c1-3-22-16(20)15-13(18-8-10-21-11-9-18)12-14(17(15)2)19-6-4-5-7-19/h14H,3-12H2,1-2H3. The third-order valence-electron chi connectivity index (χ3n) is 4.87. The van der Waals surface area contributed by atoms with Gasteiger partial charge in [0.2, 0.25) is 0 Å². The van der Waals surface area contributed by atoms with Crippen LogP contribution in [0.5, 0.6) is 0 Å². The number of likely N-dealkylation sites (tertiary alicyclic amines) is 1. The second-order valence-corrected chi connectivity index (χ2v) is 6.15. The summed E-state index contributed by atoms with van der Waals surface area (Å²) < 4.78 is 10.8. The first-order chi connectivity index (χ1) is 10.7. The number of morpholine rings is 1. The summed E-state index contributed by atoms with van der Waals surface area (Å²) in [4.78, 5) is 19.4. The van der Waals surface area contributed by atoms with Crippen molar-refractivity contribution < 1.29 is 14.3 Å². The molecule has 3 aliphatic rings. The Kier molecular flexibility index (Phi) is 4.88. The molecule has 3 heterocycles. The van der Waals surface area contributed by atoms with Crippen LogP contribution in [0.1, 0.15) is 26.2 Å². The van der Waals surface area contributed by atoms with Gasteiger partial charge >= 0.3 is 5.97 Å².